The average molecular weight is 193 g/mol. The number of thiophene rings is 1. The van der Waals surface area contributed by atoms with Crippen LogP contribution in [0.4, 0.5) is 0 Å². The zero-order valence-electron chi connectivity index (χ0n) is 8.29. The van der Waals surface area contributed by atoms with Gasteiger partial charge in [-0.25, -0.2) is 0 Å². The van der Waals surface area contributed by atoms with Crippen LogP contribution in [-0.2, 0) is 0 Å². The van der Waals surface area contributed by atoms with Gasteiger partial charge in [0.25, 0.3) is 0 Å². The number of terminal acetylenes is 1. The van der Waals surface area contributed by atoms with Crippen molar-refractivity contribution in [1.29, 1.82) is 0 Å². The largest absolute Gasteiger partial charge is 0.295 e. The van der Waals surface area contributed by atoms with Crippen molar-refractivity contribution in [2.24, 2.45) is 0 Å². The third-order valence-corrected chi connectivity index (χ3v) is 2.68. The molecule has 0 spiro atoms. The molecule has 1 aromatic rings. The van der Waals surface area contributed by atoms with Crippen LogP contribution < -0.4 is 5.32 Å². The topological polar surface area (TPSA) is 12.0 Å². The van der Waals surface area contributed by atoms with Gasteiger partial charge in [-0.3, -0.25) is 5.32 Å². The highest BCUT2D eigenvalue weighted by Crippen LogP contribution is 2.18. The lowest BCUT2D eigenvalue weighted by Gasteiger charge is -2.24. The van der Waals surface area contributed by atoms with E-state index in [-0.39, 0.29) is 5.54 Å². The average Bonchev–Trinajstić information content (AvgIpc) is 2.55. The molecule has 1 nitrogen and oxygen atoms in total. The smallest absolute Gasteiger partial charge is 0.0745 e. The highest BCUT2D eigenvalue weighted by molar-refractivity contribution is 7.07. The lowest BCUT2D eigenvalue weighted by molar-refractivity contribution is 0.432. The highest BCUT2D eigenvalue weighted by Gasteiger charge is 2.17. The maximum Gasteiger partial charge on any atom is 0.0745 e. The number of hydrogen-bond acceptors (Lipinski definition) is 2. The van der Waals surface area contributed by atoms with Crippen molar-refractivity contribution in [1.82, 2.24) is 5.32 Å². The second-order valence-electron chi connectivity index (χ2n) is 3.69. The van der Waals surface area contributed by atoms with E-state index >= 15 is 0 Å². The standard InChI is InChI=1S/C11H15NS/c1-5-11(3,4)12-9(2)10-6-7-13-8-10/h1,6-9,12H,2-4H3. The first kappa shape index (κ1) is 10.3. The van der Waals surface area contributed by atoms with Crippen LogP contribution >= 0.6 is 11.3 Å². The minimum absolute atomic E-state index is 0.235. The Morgan fingerprint density at radius 2 is 2.31 bits per heavy atom. The maximum absolute atomic E-state index is 5.40. The molecule has 0 bridgehead atoms. The van der Waals surface area contributed by atoms with E-state index < -0.39 is 0 Å². The Morgan fingerprint density at radius 3 is 2.77 bits per heavy atom. The van der Waals surface area contributed by atoms with Gasteiger partial charge in [0.2, 0.25) is 0 Å². The minimum Gasteiger partial charge on any atom is -0.295 e. The number of rotatable bonds is 3. The number of hydrogen-bond donors (Lipinski definition) is 1. The van der Waals surface area contributed by atoms with Gasteiger partial charge in [-0.1, -0.05) is 5.92 Å². The van der Waals surface area contributed by atoms with Gasteiger partial charge in [-0.2, -0.15) is 11.3 Å². The molecule has 0 saturated carbocycles. The van der Waals surface area contributed by atoms with Crippen LogP contribution in [0, 0.1) is 12.3 Å². The van der Waals surface area contributed by atoms with Gasteiger partial charge in [0.1, 0.15) is 0 Å². The SMILES string of the molecule is C#CC(C)(C)NC(C)c1ccsc1. The van der Waals surface area contributed by atoms with Gasteiger partial charge < -0.3 is 0 Å². The summed E-state index contributed by atoms with van der Waals surface area (Å²) in [5, 5.41) is 7.60. The lowest BCUT2D eigenvalue weighted by atomic mass is 10.0. The second-order valence-corrected chi connectivity index (χ2v) is 4.47. The summed E-state index contributed by atoms with van der Waals surface area (Å²) in [6, 6.07) is 2.44. The van der Waals surface area contributed by atoms with Gasteiger partial charge in [-0.05, 0) is 43.2 Å². The molecule has 13 heavy (non-hydrogen) atoms. The molecule has 0 aliphatic carbocycles. The molecule has 0 amide bonds. The van der Waals surface area contributed by atoms with E-state index in [1.54, 1.807) is 11.3 Å². The van der Waals surface area contributed by atoms with E-state index in [4.69, 9.17) is 6.42 Å². The Labute approximate surface area is 84.2 Å². The van der Waals surface area contributed by atoms with E-state index in [0.29, 0.717) is 6.04 Å². The first-order valence-corrected chi connectivity index (χ1v) is 5.27. The van der Waals surface area contributed by atoms with E-state index in [1.807, 2.05) is 13.8 Å². The van der Waals surface area contributed by atoms with Crippen molar-refractivity contribution in [3.8, 4) is 12.3 Å². The lowest BCUT2D eigenvalue weighted by Crippen LogP contribution is -2.39. The van der Waals surface area contributed by atoms with Crippen LogP contribution in [0.25, 0.3) is 0 Å². The zero-order valence-corrected chi connectivity index (χ0v) is 9.11. The zero-order chi connectivity index (χ0) is 9.90. The first-order chi connectivity index (χ1) is 6.05. The molecule has 1 atom stereocenters. The minimum atomic E-state index is -0.235. The van der Waals surface area contributed by atoms with Gasteiger partial charge in [-0.15, -0.1) is 6.42 Å². The summed E-state index contributed by atoms with van der Waals surface area (Å²) in [5.74, 6) is 2.73. The van der Waals surface area contributed by atoms with Crippen molar-refractivity contribution < 1.29 is 0 Å². The molecule has 1 heterocycles. The summed E-state index contributed by atoms with van der Waals surface area (Å²) in [5.41, 5.74) is 1.06. The molecule has 2 heteroatoms. The molecule has 0 fully saturated rings. The molecule has 1 rings (SSSR count). The van der Waals surface area contributed by atoms with Crippen LogP contribution in [0.3, 0.4) is 0 Å². The van der Waals surface area contributed by atoms with Crippen molar-refractivity contribution in [2.75, 3.05) is 0 Å². The summed E-state index contributed by atoms with van der Waals surface area (Å²) >= 11 is 1.71. The second kappa shape index (κ2) is 3.95. The Bertz CT molecular complexity index is 292. The van der Waals surface area contributed by atoms with E-state index in [2.05, 4.69) is 35.0 Å². The van der Waals surface area contributed by atoms with Crippen molar-refractivity contribution in [3.63, 3.8) is 0 Å². The molecule has 0 radical (unpaired) electrons. The fourth-order valence-electron chi connectivity index (χ4n) is 1.19. The van der Waals surface area contributed by atoms with E-state index in [0.717, 1.165) is 0 Å². The molecule has 70 valence electrons. The first-order valence-electron chi connectivity index (χ1n) is 4.33. The predicted molar refractivity (Wildman–Crippen MR) is 58.8 cm³/mol. The molecule has 0 aromatic carbocycles. The normalized spacial score (nSPS) is 13.7. The van der Waals surface area contributed by atoms with Crippen molar-refractivity contribution in [3.05, 3.63) is 22.4 Å². The Morgan fingerprint density at radius 1 is 1.62 bits per heavy atom. The van der Waals surface area contributed by atoms with Gasteiger partial charge in [0.05, 0.1) is 5.54 Å². The number of nitrogens with one attached hydrogen (secondary N) is 1. The van der Waals surface area contributed by atoms with Crippen LogP contribution in [0.1, 0.15) is 32.4 Å². The summed E-state index contributed by atoms with van der Waals surface area (Å²) in [6.07, 6.45) is 5.40. The highest BCUT2D eigenvalue weighted by atomic mass is 32.1. The third kappa shape index (κ3) is 2.87. The van der Waals surface area contributed by atoms with Gasteiger partial charge in [0.15, 0.2) is 0 Å². The molecular weight excluding hydrogens is 178 g/mol. The molecule has 1 aromatic heterocycles. The van der Waals surface area contributed by atoms with Gasteiger partial charge >= 0.3 is 0 Å². The van der Waals surface area contributed by atoms with Crippen molar-refractivity contribution in [2.45, 2.75) is 32.4 Å². The summed E-state index contributed by atoms with van der Waals surface area (Å²) in [7, 11) is 0. The van der Waals surface area contributed by atoms with Crippen LogP contribution in [0.2, 0.25) is 0 Å². The quantitative estimate of drug-likeness (QED) is 0.728. The molecular formula is C11H15NS. The maximum atomic E-state index is 5.40. The molecule has 1 unspecified atom stereocenters. The molecule has 0 saturated heterocycles. The van der Waals surface area contributed by atoms with Crippen LogP contribution in [0.15, 0.2) is 16.8 Å². The summed E-state index contributed by atoms with van der Waals surface area (Å²) in [4.78, 5) is 0. The molecule has 0 aliphatic heterocycles. The third-order valence-electron chi connectivity index (χ3n) is 1.98. The molecule has 0 aliphatic rings. The summed E-state index contributed by atoms with van der Waals surface area (Å²) < 4.78 is 0. The predicted octanol–water partition coefficient (Wildman–Crippen LogP) is 2.81. The van der Waals surface area contributed by atoms with E-state index in [9.17, 15) is 0 Å². The van der Waals surface area contributed by atoms with E-state index in [1.165, 1.54) is 5.56 Å². The monoisotopic (exact) mass is 193 g/mol. The molecule has 1 N–H and O–H groups in total. The Hall–Kier alpha value is -0.780. The van der Waals surface area contributed by atoms with Crippen molar-refractivity contribution >= 4 is 11.3 Å². The van der Waals surface area contributed by atoms with Crippen LogP contribution in [-0.4, -0.2) is 5.54 Å². The van der Waals surface area contributed by atoms with Crippen LogP contribution in [0.5, 0.6) is 0 Å². The Balaban J connectivity index is 2.62. The fourth-order valence-corrected chi connectivity index (χ4v) is 1.94. The Kier molecular flexibility index (Phi) is 3.13. The summed E-state index contributed by atoms with van der Waals surface area (Å²) in [6.45, 7) is 6.15. The van der Waals surface area contributed by atoms with Gasteiger partial charge in [0, 0.05) is 6.04 Å². The fraction of sp³-hybridized carbons (Fsp3) is 0.455.